The first-order valence-electron chi connectivity index (χ1n) is 4.65. The van der Waals surface area contributed by atoms with Crippen molar-refractivity contribution in [3.63, 3.8) is 0 Å². The highest BCUT2D eigenvalue weighted by Gasteiger charge is 1.98. The minimum atomic E-state index is 0.541. The van der Waals surface area contributed by atoms with Gasteiger partial charge in [0.2, 0.25) is 0 Å². The molecule has 6 N–H and O–H groups in total. The lowest BCUT2D eigenvalue weighted by Crippen LogP contribution is -2.34. The summed E-state index contributed by atoms with van der Waals surface area (Å²) in [5.74, 6) is 0. The van der Waals surface area contributed by atoms with Crippen molar-refractivity contribution in [2.75, 3.05) is 32.7 Å². The molecule has 1 atom stereocenters. The lowest BCUT2D eigenvalue weighted by Gasteiger charge is -2.12. The third-order valence-electron chi connectivity index (χ3n) is 1.71. The summed E-state index contributed by atoms with van der Waals surface area (Å²) in [5.41, 5.74) is 10.7. The Labute approximate surface area is 75.1 Å². The zero-order chi connectivity index (χ0) is 9.23. The van der Waals surface area contributed by atoms with Gasteiger partial charge in [-0.05, 0) is 19.9 Å². The monoisotopic (exact) mass is 174 g/mol. The number of rotatable bonds is 8. The largest absolute Gasteiger partial charge is 0.329 e. The molecule has 0 aromatic rings. The van der Waals surface area contributed by atoms with Crippen LogP contribution in [-0.4, -0.2) is 38.8 Å². The van der Waals surface area contributed by atoms with Gasteiger partial charge in [-0.15, -0.1) is 0 Å². The van der Waals surface area contributed by atoms with Crippen molar-refractivity contribution in [2.24, 2.45) is 11.5 Å². The zero-order valence-corrected chi connectivity index (χ0v) is 7.97. The summed E-state index contributed by atoms with van der Waals surface area (Å²) in [6.07, 6.45) is 1.12. The van der Waals surface area contributed by atoms with E-state index in [0.717, 1.165) is 26.1 Å². The molecule has 0 unspecified atom stereocenters. The molecule has 74 valence electrons. The second kappa shape index (κ2) is 8.93. The number of hydrogen-bond donors (Lipinski definition) is 4. The van der Waals surface area contributed by atoms with Gasteiger partial charge < -0.3 is 22.1 Å². The molecule has 4 heteroatoms. The third-order valence-corrected chi connectivity index (χ3v) is 1.71. The van der Waals surface area contributed by atoms with Crippen LogP contribution in [0.2, 0.25) is 0 Å². The van der Waals surface area contributed by atoms with Gasteiger partial charge in [-0.1, -0.05) is 0 Å². The Morgan fingerprint density at radius 1 is 1.08 bits per heavy atom. The maximum atomic E-state index is 5.36. The predicted molar refractivity (Wildman–Crippen MR) is 53.1 cm³/mol. The van der Waals surface area contributed by atoms with E-state index in [1.807, 2.05) is 0 Å². The van der Waals surface area contributed by atoms with Crippen LogP contribution in [0.5, 0.6) is 0 Å². The quantitative estimate of drug-likeness (QED) is 0.351. The SMILES string of the molecule is C[C@H](CCNCCN)NCCN. The van der Waals surface area contributed by atoms with Crippen molar-refractivity contribution in [1.29, 1.82) is 0 Å². The molecule has 0 aliphatic heterocycles. The molecule has 0 heterocycles. The van der Waals surface area contributed by atoms with Crippen molar-refractivity contribution >= 4 is 0 Å². The molecule has 0 aromatic carbocycles. The van der Waals surface area contributed by atoms with Crippen LogP contribution in [-0.2, 0) is 0 Å². The Morgan fingerprint density at radius 3 is 2.33 bits per heavy atom. The molecule has 0 radical (unpaired) electrons. The third kappa shape index (κ3) is 7.94. The van der Waals surface area contributed by atoms with Gasteiger partial charge in [0.25, 0.3) is 0 Å². The van der Waals surface area contributed by atoms with Crippen LogP contribution < -0.4 is 22.1 Å². The highest BCUT2D eigenvalue weighted by molar-refractivity contribution is 4.62. The van der Waals surface area contributed by atoms with Crippen LogP contribution in [0.3, 0.4) is 0 Å². The molecule has 0 bridgehead atoms. The minimum Gasteiger partial charge on any atom is -0.329 e. The zero-order valence-electron chi connectivity index (χ0n) is 7.97. The number of hydrogen-bond acceptors (Lipinski definition) is 4. The van der Waals surface area contributed by atoms with Gasteiger partial charge in [0.05, 0.1) is 0 Å². The first-order chi connectivity index (χ1) is 5.81. The molecule has 0 fully saturated rings. The smallest absolute Gasteiger partial charge is 0.00769 e. The summed E-state index contributed by atoms with van der Waals surface area (Å²) in [4.78, 5) is 0. The van der Waals surface area contributed by atoms with E-state index < -0.39 is 0 Å². The first-order valence-corrected chi connectivity index (χ1v) is 4.65. The summed E-state index contributed by atoms with van der Waals surface area (Å²) in [5, 5.41) is 6.56. The molecule has 0 saturated carbocycles. The second-order valence-electron chi connectivity index (χ2n) is 2.97. The molecular weight excluding hydrogens is 152 g/mol. The van der Waals surface area contributed by atoms with Gasteiger partial charge in [-0.2, -0.15) is 0 Å². The van der Waals surface area contributed by atoms with Crippen LogP contribution in [0.15, 0.2) is 0 Å². The van der Waals surface area contributed by atoms with Gasteiger partial charge in [-0.3, -0.25) is 0 Å². The van der Waals surface area contributed by atoms with Gasteiger partial charge in [0, 0.05) is 32.2 Å². The average Bonchev–Trinajstić information content (AvgIpc) is 2.09. The van der Waals surface area contributed by atoms with E-state index in [0.29, 0.717) is 19.1 Å². The summed E-state index contributed by atoms with van der Waals surface area (Å²) in [6, 6.07) is 0.541. The highest BCUT2D eigenvalue weighted by Crippen LogP contribution is 1.86. The molecule has 0 spiro atoms. The molecule has 0 rings (SSSR count). The maximum Gasteiger partial charge on any atom is 0.00769 e. The molecule has 0 aliphatic carbocycles. The molecule has 0 aliphatic rings. The number of nitrogens with two attached hydrogens (primary N) is 2. The summed E-state index contributed by atoms with van der Waals surface area (Å²) in [7, 11) is 0. The van der Waals surface area contributed by atoms with E-state index in [-0.39, 0.29) is 0 Å². The standard InChI is InChI=1S/C8H22N4/c1-8(12-7-4-10)2-5-11-6-3-9/h8,11-12H,2-7,9-10H2,1H3/t8-/m1/s1. The first kappa shape index (κ1) is 11.8. The van der Waals surface area contributed by atoms with Crippen molar-refractivity contribution in [2.45, 2.75) is 19.4 Å². The van der Waals surface area contributed by atoms with Gasteiger partial charge in [0.15, 0.2) is 0 Å². The summed E-state index contributed by atoms with van der Waals surface area (Å²) >= 11 is 0. The Bertz CT molecular complexity index is 87.1. The average molecular weight is 174 g/mol. The van der Waals surface area contributed by atoms with Gasteiger partial charge in [-0.25, -0.2) is 0 Å². The fourth-order valence-corrected chi connectivity index (χ4v) is 0.977. The van der Waals surface area contributed by atoms with Crippen molar-refractivity contribution in [3.05, 3.63) is 0 Å². The van der Waals surface area contributed by atoms with Gasteiger partial charge in [0.1, 0.15) is 0 Å². The van der Waals surface area contributed by atoms with Crippen molar-refractivity contribution in [1.82, 2.24) is 10.6 Å². The Kier molecular flexibility index (Phi) is 8.81. The molecule has 0 saturated heterocycles. The normalized spacial score (nSPS) is 13.2. The molecular formula is C8H22N4. The van der Waals surface area contributed by atoms with E-state index in [9.17, 15) is 0 Å². The van der Waals surface area contributed by atoms with Crippen molar-refractivity contribution in [3.8, 4) is 0 Å². The molecule has 12 heavy (non-hydrogen) atoms. The van der Waals surface area contributed by atoms with Gasteiger partial charge >= 0.3 is 0 Å². The van der Waals surface area contributed by atoms with E-state index in [2.05, 4.69) is 17.6 Å². The lowest BCUT2D eigenvalue weighted by atomic mass is 10.2. The maximum absolute atomic E-state index is 5.36. The Hall–Kier alpha value is -0.160. The second-order valence-corrected chi connectivity index (χ2v) is 2.97. The number of nitrogens with one attached hydrogen (secondary N) is 2. The fraction of sp³-hybridized carbons (Fsp3) is 1.00. The van der Waals surface area contributed by atoms with Crippen LogP contribution in [0, 0.1) is 0 Å². The van der Waals surface area contributed by atoms with E-state index >= 15 is 0 Å². The molecule has 0 aromatic heterocycles. The topological polar surface area (TPSA) is 76.1 Å². The lowest BCUT2D eigenvalue weighted by molar-refractivity contribution is 0.500. The summed E-state index contributed by atoms with van der Waals surface area (Å²) in [6.45, 7) is 6.42. The van der Waals surface area contributed by atoms with E-state index in [1.165, 1.54) is 0 Å². The highest BCUT2D eigenvalue weighted by atomic mass is 14.9. The van der Waals surface area contributed by atoms with Crippen LogP contribution in [0.4, 0.5) is 0 Å². The van der Waals surface area contributed by atoms with Crippen molar-refractivity contribution < 1.29 is 0 Å². The van der Waals surface area contributed by atoms with Crippen LogP contribution in [0.25, 0.3) is 0 Å². The predicted octanol–water partition coefficient (Wildman–Crippen LogP) is -1.14. The summed E-state index contributed by atoms with van der Waals surface area (Å²) < 4.78 is 0. The van der Waals surface area contributed by atoms with Crippen LogP contribution >= 0.6 is 0 Å². The Balaban J connectivity index is 3.02. The van der Waals surface area contributed by atoms with Crippen LogP contribution in [0.1, 0.15) is 13.3 Å². The Morgan fingerprint density at radius 2 is 1.75 bits per heavy atom. The van der Waals surface area contributed by atoms with E-state index in [4.69, 9.17) is 11.5 Å². The molecule has 4 nitrogen and oxygen atoms in total. The van der Waals surface area contributed by atoms with E-state index in [1.54, 1.807) is 0 Å². The molecule has 0 amide bonds. The fourth-order valence-electron chi connectivity index (χ4n) is 0.977. The minimum absolute atomic E-state index is 0.541.